The molecule has 0 aliphatic heterocycles. The largest absolute Gasteiger partial charge is 0.329 e. The number of rotatable bonds is 13. The molecular weight excluding hydrogens is 358 g/mol. The molecule has 0 unspecified atom stereocenters. The highest BCUT2D eigenvalue weighted by molar-refractivity contribution is 7.52. The van der Waals surface area contributed by atoms with Crippen molar-refractivity contribution in [1.29, 1.82) is 0 Å². The van der Waals surface area contributed by atoms with Crippen molar-refractivity contribution < 1.29 is 28.7 Å². The first kappa shape index (κ1) is 26.4. The van der Waals surface area contributed by atoms with Crippen LogP contribution >= 0.6 is 15.2 Å². The van der Waals surface area contributed by atoms with E-state index in [9.17, 15) is 9.13 Å². The molecule has 0 heterocycles. The van der Waals surface area contributed by atoms with E-state index in [1.807, 2.05) is 0 Å². The minimum absolute atomic E-state index is 0.150. The second kappa shape index (κ2) is 15.4. The monoisotopic (exact) mass is 392 g/mol. The van der Waals surface area contributed by atoms with Crippen LogP contribution in [0.25, 0.3) is 0 Å². The van der Waals surface area contributed by atoms with Crippen molar-refractivity contribution in [2.45, 2.75) is 25.7 Å². The topological polar surface area (TPSA) is 196 Å². The lowest BCUT2D eigenvalue weighted by molar-refractivity contribution is 0.297. The predicted octanol–water partition coefficient (Wildman–Crippen LogP) is -0.933. The van der Waals surface area contributed by atoms with Crippen molar-refractivity contribution in [3.8, 4) is 0 Å². The Balaban J connectivity index is 0. The van der Waals surface area contributed by atoms with E-state index in [0.717, 1.165) is 19.6 Å². The maximum Gasteiger partial charge on any atom is 0.325 e. The molecule has 0 atom stereocenters. The summed E-state index contributed by atoms with van der Waals surface area (Å²) in [7, 11) is -7.80. The van der Waals surface area contributed by atoms with Gasteiger partial charge in [-0.3, -0.25) is 14.0 Å². The smallest absolute Gasteiger partial charge is 0.325 e. The minimum Gasteiger partial charge on any atom is -0.329 e. The van der Waals surface area contributed by atoms with Gasteiger partial charge in [-0.25, -0.2) is 0 Å². The summed E-state index contributed by atoms with van der Waals surface area (Å²) in [5.74, 6) is 0. The van der Waals surface area contributed by atoms with Crippen LogP contribution in [-0.2, 0) is 9.13 Å². The molecule has 148 valence electrons. The van der Waals surface area contributed by atoms with Gasteiger partial charge < -0.3 is 36.8 Å². The molecule has 0 aliphatic rings. The molecule has 0 fully saturated rings. The Kier molecular flexibility index (Phi) is 16.9. The molecule has 0 saturated heterocycles. The predicted molar refractivity (Wildman–Crippen MR) is 95.9 cm³/mol. The second-order valence-corrected chi connectivity index (χ2v) is 8.95. The van der Waals surface area contributed by atoms with Gasteiger partial charge in [-0.15, -0.1) is 0 Å². The number of nitrogens with two attached hydrogens (primary N) is 3. The zero-order valence-electron chi connectivity index (χ0n) is 14.2. The summed E-state index contributed by atoms with van der Waals surface area (Å²) >= 11 is 0. The lowest BCUT2D eigenvalue weighted by atomic mass is 10.2. The Morgan fingerprint density at radius 2 is 0.917 bits per heavy atom. The molecule has 0 aliphatic carbocycles. The second-order valence-electron chi connectivity index (χ2n) is 5.40. The van der Waals surface area contributed by atoms with Gasteiger partial charge in [0.2, 0.25) is 0 Å². The maximum absolute atomic E-state index is 10.4. The fourth-order valence-corrected chi connectivity index (χ4v) is 3.14. The van der Waals surface area contributed by atoms with Gasteiger partial charge in [-0.05, 0) is 12.8 Å². The molecule has 0 spiro atoms. The zero-order chi connectivity index (χ0) is 19.1. The minimum atomic E-state index is -3.90. The Hall–Kier alpha value is 0.140. The van der Waals surface area contributed by atoms with E-state index in [2.05, 4.69) is 4.90 Å². The first-order chi connectivity index (χ1) is 11.1. The Morgan fingerprint density at radius 3 is 1.12 bits per heavy atom. The third-order valence-electron chi connectivity index (χ3n) is 2.98. The van der Waals surface area contributed by atoms with E-state index in [0.29, 0.717) is 45.3 Å². The lowest BCUT2D eigenvalue weighted by Gasteiger charge is -2.18. The SMILES string of the molecule is NCCN(CCN)CCN.O=P(O)(O)CCCCCCP(=O)(O)O. The average Bonchev–Trinajstić information content (AvgIpc) is 2.42. The Bertz CT molecular complexity index is 336. The molecule has 0 aromatic carbocycles. The van der Waals surface area contributed by atoms with Gasteiger partial charge in [0.1, 0.15) is 0 Å². The summed E-state index contributed by atoms with van der Waals surface area (Å²) in [6.45, 7) is 4.73. The van der Waals surface area contributed by atoms with E-state index in [-0.39, 0.29) is 12.3 Å². The molecule has 0 saturated carbocycles. The van der Waals surface area contributed by atoms with Gasteiger partial charge in [0.15, 0.2) is 0 Å². The molecule has 10 nitrogen and oxygen atoms in total. The van der Waals surface area contributed by atoms with Crippen LogP contribution in [0.15, 0.2) is 0 Å². The molecule has 0 rings (SSSR count). The molecule has 12 heteroatoms. The Labute approximate surface area is 144 Å². The quantitative estimate of drug-likeness (QED) is 0.152. The first-order valence-corrected chi connectivity index (χ1v) is 11.6. The molecular formula is C12H34N4O6P2. The molecule has 0 amide bonds. The van der Waals surface area contributed by atoms with Gasteiger partial charge in [-0.1, -0.05) is 12.8 Å². The van der Waals surface area contributed by atoms with Crippen LogP contribution in [0, 0.1) is 0 Å². The highest BCUT2D eigenvalue weighted by Crippen LogP contribution is 2.37. The molecule has 0 aromatic heterocycles. The number of hydrogen-bond acceptors (Lipinski definition) is 6. The normalized spacial score (nSPS) is 12.2. The van der Waals surface area contributed by atoms with Crippen molar-refractivity contribution in [2.75, 3.05) is 51.6 Å². The van der Waals surface area contributed by atoms with Gasteiger partial charge in [0.05, 0.1) is 0 Å². The standard InChI is InChI=1S/C6H18N4.C6H16O6P2/c7-1-4-10(5-2-8)6-3-9;7-13(8,9)5-3-1-2-4-6-14(10,11)12/h1-9H2;1-6H2,(H2,7,8,9)(H2,10,11,12). The third kappa shape index (κ3) is 24.4. The number of unbranched alkanes of at least 4 members (excludes halogenated alkanes) is 3. The van der Waals surface area contributed by atoms with Crippen LogP contribution in [0.2, 0.25) is 0 Å². The van der Waals surface area contributed by atoms with Crippen LogP contribution in [0.1, 0.15) is 25.7 Å². The summed E-state index contributed by atoms with van der Waals surface area (Å²) in [6.07, 6.45) is 1.67. The van der Waals surface area contributed by atoms with Crippen molar-refractivity contribution in [3.05, 3.63) is 0 Å². The van der Waals surface area contributed by atoms with Gasteiger partial charge in [-0.2, -0.15) is 0 Å². The van der Waals surface area contributed by atoms with Crippen LogP contribution < -0.4 is 17.2 Å². The summed E-state index contributed by atoms with van der Waals surface area (Å²) in [4.78, 5) is 36.1. The third-order valence-corrected chi connectivity index (χ3v) is 4.78. The van der Waals surface area contributed by atoms with Crippen molar-refractivity contribution in [1.82, 2.24) is 4.90 Å². The number of nitrogens with zero attached hydrogens (tertiary/aromatic N) is 1. The van der Waals surface area contributed by atoms with Crippen molar-refractivity contribution >= 4 is 15.2 Å². The van der Waals surface area contributed by atoms with E-state index in [4.69, 9.17) is 36.8 Å². The molecule has 0 bridgehead atoms. The van der Waals surface area contributed by atoms with E-state index < -0.39 is 15.2 Å². The van der Waals surface area contributed by atoms with E-state index in [1.165, 1.54) is 0 Å². The highest BCUT2D eigenvalue weighted by atomic mass is 31.2. The summed E-state index contributed by atoms with van der Waals surface area (Å²) in [6, 6.07) is 0. The molecule has 24 heavy (non-hydrogen) atoms. The Morgan fingerprint density at radius 1 is 0.625 bits per heavy atom. The van der Waals surface area contributed by atoms with Crippen LogP contribution in [-0.4, -0.2) is 76.1 Å². The van der Waals surface area contributed by atoms with Gasteiger partial charge in [0.25, 0.3) is 0 Å². The van der Waals surface area contributed by atoms with Crippen molar-refractivity contribution in [2.24, 2.45) is 17.2 Å². The summed E-state index contributed by atoms with van der Waals surface area (Å²) in [5.41, 5.74) is 16.1. The van der Waals surface area contributed by atoms with E-state index >= 15 is 0 Å². The van der Waals surface area contributed by atoms with Crippen LogP contribution in [0.4, 0.5) is 0 Å². The van der Waals surface area contributed by atoms with Gasteiger partial charge >= 0.3 is 15.2 Å². The van der Waals surface area contributed by atoms with E-state index in [1.54, 1.807) is 0 Å². The number of hydrogen-bond donors (Lipinski definition) is 7. The first-order valence-electron chi connectivity index (χ1n) is 7.97. The molecule has 0 radical (unpaired) electrons. The fraction of sp³-hybridized carbons (Fsp3) is 1.00. The van der Waals surface area contributed by atoms with Crippen LogP contribution in [0.5, 0.6) is 0 Å². The fourth-order valence-electron chi connectivity index (χ4n) is 1.87. The summed E-state index contributed by atoms with van der Waals surface area (Å²) in [5, 5.41) is 0. The zero-order valence-corrected chi connectivity index (χ0v) is 16.0. The molecule has 0 aromatic rings. The van der Waals surface area contributed by atoms with Crippen LogP contribution in [0.3, 0.4) is 0 Å². The lowest BCUT2D eigenvalue weighted by Crippen LogP contribution is -2.37. The van der Waals surface area contributed by atoms with Gasteiger partial charge in [0, 0.05) is 51.6 Å². The maximum atomic E-state index is 10.4. The summed E-state index contributed by atoms with van der Waals surface area (Å²) < 4.78 is 20.8. The molecule has 10 N–H and O–H groups in total. The highest BCUT2D eigenvalue weighted by Gasteiger charge is 2.13. The average molecular weight is 392 g/mol. The van der Waals surface area contributed by atoms with Crippen molar-refractivity contribution in [3.63, 3.8) is 0 Å².